The number of ether oxygens (including phenoxy) is 1. The largest absolute Gasteiger partial charge is 0.508 e. The zero-order valence-electron chi connectivity index (χ0n) is 20.5. The zero-order valence-corrected chi connectivity index (χ0v) is 22.1. The fourth-order valence-corrected chi connectivity index (χ4v) is 9.00. The number of nitrogens with zero attached hydrogens (tertiary/aromatic N) is 2. The normalized spacial score (nSPS) is 42.7. The van der Waals surface area contributed by atoms with Crippen LogP contribution in [0.4, 0.5) is 13.2 Å². The number of allylic oxidation sites excluding steroid dienone is 3. The molecule has 1 heterocycles. The molecule has 1 aromatic rings. The van der Waals surface area contributed by atoms with Gasteiger partial charge in [-0.05, 0) is 61.9 Å². The van der Waals surface area contributed by atoms with Gasteiger partial charge in [0.1, 0.15) is 23.6 Å². The number of hydrogen-bond donors (Lipinski definition) is 1. The number of ketones is 1. The Morgan fingerprint density at radius 2 is 1.97 bits per heavy atom. The quantitative estimate of drug-likeness (QED) is 0.511. The van der Waals surface area contributed by atoms with Gasteiger partial charge in [-0.25, -0.2) is 18.0 Å². The number of halogens is 3. The zero-order chi connectivity index (χ0) is 27.0. The highest BCUT2D eigenvalue weighted by Crippen LogP contribution is 2.72. The summed E-state index contributed by atoms with van der Waals surface area (Å²) in [7, 11) is 0. The summed E-state index contributed by atoms with van der Waals surface area (Å²) < 4.78 is 60.0. The summed E-state index contributed by atoms with van der Waals surface area (Å²) in [6.45, 7) is 4.80. The summed E-state index contributed by atoms with van der Waals surface area (Å²) in [6, 6.07) is -1.04. The molecule has 3 saturated carbocycles. The Bertz CT molecular complexity index is 1220. The monoisotopic (exact) mass is 556 g/mol. The maximum atomic E-state index is 17.3. The second kappa shape index (κ2) is 8.65. The van der Waals surface area contributed by atoms with Crippen LogP contribution in [-0.2, 0) is 14.3 Å². The van der Waals surface area contributed by atoms with E-state index in [9.17, 15) is 23.9 Å². The lowest BCUT2D eigenvalue weighted by Gasteiger charge is -2.61. The third-order valence-electron chi connectivity index (χ3n) is 9.64. The number of aliphatic hydroxyl groups excluding tert-OH is 1. The van der Waals surface area contributed by atoms with E-state index in [4.69, 9.17) is 4.74 Å². The first kappa shape index (κ1) is 26.4. The van der Waals surface area contributed by atoms with Gasteiger partial charge in [0.05, 0.1) is 23.3 Å². The van der Waals surface area contributed by atoms with Gasteiger partial charge in [0, 0.05) is 23.3 Å². The van der Waals surface area contributed by atoms with Crippen molar-refractivity contribution >= 4 is 40.4 Å². The minimum Gasteiger partial charge on any atom is -0.508 e. The molecular weight excluding hydrogens is 529 g/mol. The molecule has 4 aliphatic carbocycles. The van der Waals surface area contributed by atoms with Crippen LogP contribution < -0.4 is 0 Å². The smallest absolute Gasteiger partial charge is 0.360 e. The highest BCUT2D eigenvalue weighted by molar-refractivity contribution is 8.13. The Labute approximate surface area is 220 Å². The molecule has 0 amide bonds. The van der Waals surface area contributed by atoms with Crippen LogP contribution in [0.15, 0.2) is 29.7 Å². The van der Waals surface area contributed by atoms with E-state index in [1.165, 1.54) is 13.1 Å². The molecule has 0 saturated heterocycles. The van der Waals surface area contributed by atoms with Gasteiger partial charge in [-0.2, -0.15) is 8.75 Å². The van der Waals surface area contributed by atoms with Crippen molar-refractivity contribution in [3.63, 3.8) is 0 Å². The number of aliphatic hydroxyl groups is 1. The molecule has 1 aromatic heterocycles. The second-order valence-corrected chi connectivity index (χ2v) is 12.4. The van der Waals surface area contributed by atoms with E-state index in [-0.39, 0.29) is 37.0 Å². The van der Waals surface area contributed by atoms with Crippen molar-refractivity contribution in [2.75, 3.05) is 6.01 Å². The van der Waals surface area contributed by atoms with Crippen LogP contribution in [0.5, 0.6) is 0 Å². The molecule has 0 bridgehead atoms. The lowest BCUT2D eigenvalue weighted by atomic mass is 9.44. The third kappa shape index (κ3) is 3.30. The average Bonchev–Trinajstić information content (AvgIpc) is 3.45. The van der Waals surface area contributed by atoms with Gasteiger partial charge in [-0.15, -0.1) is 0 Å². The van der Waals surface area contributed by atoms with E-state index >= 15 is 8.78 Å². The molecule has 3 fully saturated rings. The summed E-state index contributed by atoms with van der Waals surface area (Å²) in [6.07, 6.45) is 1.39. The summed E-state index contributed by atoms with van der Waals surface area (Å²) >= 11 is 1.18. The van der Waals surface area contributed by atoms with Crippen molar-refractivity contribution in [3.05, 3.63) is 35.4 Å². The van der Waals surface area contributed by atoms with Gasteiger partial charge in [-0.1, -0.05) is 13.8 Å². The SMILES string of the molecule is C[C@@H]1C[C@H]2[C@@H]3C[C@H](F)C4=CC(O)=CC(=O)[C@]4(C)[C@@]3(F)CC[C@]2(C)[C@@]1(OC(=O)c1cnsn1)C(=O)SCF. The Morgan fingerprint density at radius 3 is 2.62 bits per heavy atom. The number of hydrogen-bond acceptors (Lipinski definition) is 9. The van der Waals surface area contributed by atoms with Crippen LogP contribution in [0.3, 0.4) is 0 Å². The molecule has 8 atom stereocenters. The first-order valence-corrected chi connectivity index (χ1v) is 13.8. The van der Waals surface area contributed by atoms with Crippen molar-refractivity contribution < 1.29 is 37.4 Å². The van der Waals surface area contributed by atoms with Gasteiger partial charge < -0.3 is 9.84 Å². The standard InChI is InChI=1S/C25H27F3N2O5S2/c1-12-6-14-15-9-17(27)16-7-13(31)8-19(32)23(16,3)24(15,28)5-4-22(14,2)25(12,21(34)36-11-26)35-20(33)18-10-29-37-30-18/h7-8,10,12,14-15,17,31H,4-6,9,11H2,1-3H3/t12-,14+,15+,17+,22+,23-,24-,25+/m1/s1. The molecule has 1 N–H and O–H groups in total. The summed E-state index contributed by atoms with van der Waals surface area (Å²) in [4.78, 5) is 39.8. The summed E-state index contributed by atoms with van der Waals surface area (Å²) in [5.41, 5.74) is -7.12. The summed E-state index contributed by atoms with van der Waals surface area (Å²) in [5, 5.41) is 9.26. The molecule has 0 aliphatic heterocycles. The Kier molecular flexibility index (Phi) is 6.18. The van der Waals surface area contributed by atoms with Gasteiger partial charge in [0.2, 0.25) is 5.12 Å². The van der Waals surface area contributed by atoms with E-state index < -0.39 is 74.7 Å². The van der Waals surface area contributed by atoms with Crippen molar-refractivity contribution in [2.24, 2.45) is 28.6 Å². The Balaban J connectivity index is 1.61. The number of aromatic nitrogens is 2. The number of carbonyl (C=O) groups is 3. The number of esters is 1. The number of carbonyl (C=O) groups excluding carboxylic acids is 3. The van der Waals surface area contributed by atoms with Crippen LogP contribution in [0.1, 0.15) is 56.9 Å². The number of rotatable bonds is 4. The fourth-order valence-electron chi connectivity index (χ4n) is 7.81. The second-order valence-electron chi connectivity index (χ2n) is 10.9. The molecule has 0 spiro atoms. The molecular formula is C25H27F3N2O5S2. The molecule has 200 valence electrons. The number of alkyl halides is 3. The number of fused-ring (bicyclic) bond motifs is 5. The third-order valence-corrected chi connectivity index (χ3v) is 10.8. The highest BCUT2D eigenvalue weighted by atomic mass is 32.2. The average molecular weight is 557 g/mol. The molecule has 0 aromatic carbocycles. The van der Waals surface area contributed by atoms with Crippen LogP contribution in [-0.4, -0.2) is 54.2 Å². The van der Waals surface area contributed by atoms with Gasteiger partial charge in [0.25, 0.3) is 0 Å². The lowest BCUT2D eigenvalue weighted by Crippen LogP contribution is -2.67. The van der Waals surface area contributed by atoms with Crippen molar-refractivity contribution in [3.8, 4) is 0 Å². The summed E-state index contributed by atoms with van der Waals surface area (Å²) in [5.74, 6) is -4.26. The van der Waals surface area contributed by atoms with Crippen LogP contribution >= 0.6 is 23.5 Å². The van der Waals surface area contributed by atoms with Crippen molar-refractivity contribution in [1.29, 1.82) is 0 Å². The minimum atomic E-state index is -2.16. The van der Waals surface area contributed by atoms with E-state index in [1.54, 1.807) is 13.8 Å². The predicted molar refractivity (Wildman–Crippen MR) is 130 cm³/mol. The topological polar surface area (TPSA) is 106 Å². The maximum absolute atomic E-state index is 17.3. The first-order valence-electron chi connectivity index (χ1n) is 12.1. The maximum Gasteiger partial charge on any atom is 0.360 e. The van der Waals surface area contributed by atoms with Gasteiger partial charge in [0.15, 0.2) is 17.1 Å². The molecule has 37 heavy (non-hydrogen) atoms. The molecule has 0 radical (unpaired) electrons. The molecule has 4 aliphatic rings. The fraction of sp³-hybridized carbons (Fsp3) is 0.640. The van der Waals surface area contributed by atoms with E-state index in [0.29, 0.717) is 11.8 Å². The first-order chi connectivity index (χ1) is 17.4. The molecule has 12 heteroatoms. The van der Waals surface area contributed by atoms with Gasteiger partial charge >= 0.3 is 5.97 Å². The van der Waals surface area contributed by atoms with Crippen LogP contribution in [0, 0.1) is 28.6 Å². The van der Waals surface area contributed by atoms with E-state index in [2.05, 4.69) is 8.75 Å². The Morgan fingerprint density at radius 1 is 1.24 bits per heavy atom. The van der Waals surface area contributed by atoms with Crippen molar-refractivity contribution in [1.82, 2.24) is 8.75 Å². The van der Waals surface area contributed by atoms with Gasteiger partial charge in [-0.3, -0.25) is 9.59 Å². The van der Waals surface area contributed by atoms with E-state index in [0.717, 1.165) is 23.9 Å². The number of thioether (sulfide) groups is 1. The Hall–Kier alpha value is -2.21. The van der Waals surface area contributed by atoms with Crippen LogP contribution in [0.25, 0.3) is 0 Å². The minimum absolute atomic E-state index is 0.0407. The van der Waals surface area contributed by atoms with E-state index in [1.807, 2.05) is 0 Å². The molecule has 5 rings (SSSR count). The lowest BCUT2D eigenvalue weighted by molar-refractivity contribution is -0.187. The molecule has 7 nitrogen and oxygen atoms in total. The van der Waals surface area contributed by atoms with Crippen LogP contribution in [0.2, 0.25) is 0 Å². The van der Waals surface area contributed by atoms with Crippen molar-refractivity contribution in [2.45, 2.75) is 63.9 Å². The molecule has 0 unspecified atom stereocenters. The predicted octanol–water partition coefficient (Wildman–Crippen LogP) is 5.10. The highest BCUT2D eigenvalue weighted by Gasteiger charge is 2.77.